The number of nitriles is 1. The minimum atomic E-state index is -0.358. The lowest BCUT2D eigenvalue weighted by atomic mass is 10.0. The summed E-state index contributed by atoms with van der Waals surface area (Å²) in [5, 5.41) is 11.5. The first-order valence-electron chi connectivity index (χ1n) is 11.8. The van der Waals surface area contributed by atoms with Gasteiger partial charge in [0.15, 0.2) is 0 Å². The molecule has 2 atom stereocenters. The normalized spacial score (nSPS) is 16.3. The molecule has 0 bridgehead atoms. The highest BCUT2D eigenvalue weighted by Gasteiger charge is 2.37. The molecule has 1 aliphatic rings. The number of methoxy groups -OCH3 is 1. The molecule has 1 N–H and O–H groups in total. The van der Waals surface area contributed by atoms with Gasteiger partial charge in [0.2, 0.25) is 11.8 Å². The lowest BCUT2D eigenvalue weighted by molar-refractivity contribution is -0.143. The number of allylic oxidation sites excluding steroid dienone is 1. The highest BCUT2D eigenvalue weighted by atomic mass is 16.5. The second kappa shape index (κ2) is 16.1. The zero-order valence-electron chi connectivity index (χ0n) is 19.7. The number of ether oxygens (including phenoxy) is 1. The van der Waals surface area contributed by atoms with E-state index in [9.17, 15) is 14.4 Å². The van der Waals surface area contributed by atoms with Crippen molar-refractivity contribution in [2.45, 2.75) is 90.0 Å². The monoisotopic (exact) mass is 445 g/mol. The summed E-state index contributed by atoms with van der Waals surface area (Å²) in [7, 11) is 1.52. The quantitative estimate of drug-likeness (QED) is 0.264. The van der Waals surface area contributed by atoms with Crippen LogP contribution in [0.25, 0.3) is 0 Å². The van der Waals surface area contributed by atoms with Crippen LogP contribution in [0.2, 0.25) is 0 Å². The summed E-state index contributed by atoms with van der Waals surface area (Å²) in [5.41, 5.74) is 0. The van der Waals surface area contributed by atoms with Gasteiger partial charge in [0, 0.05) is 31.4 Å². The largest absolute Gasteiger partial charge is 0.499 e. The van der Waals surface area contributed by atoms with Crippen LogP contribution in [0, 0.1) is 17.2 Å². The summed E-state index contributed by atoms with van der Waals surface area (Å²) in [4.78, 5) is 38.5. The molecule has 1 heterocycles. The van der Waals surface area contributed by atoms with Gasteiger partial charge in [-0.15, -0.1) is 6.58 Å². The number of hydrogen-bond acceptors (Lipinski definition) is 5. The van der Waals surface area contributed by atoms with Crippen LogP contribution >= 0.6 is 0 Å². The number of rotatable bonds is 17. The molecule has 7 nitrogen and oxygen atoms in total. The van der Waals surface area contributed by atoms with Crippen LogP contribution in [0.1, 0.15) is 84.0 Å². The van der Waals surface area contributed by atoms with Crippen LogP contribution in [0.3, 0.4) is 0 Å². The molecule has 0 unspecified atom stereocenters. The Morgan fingerprint density at radius 2 is 2.03 bits per heavy atom. The maximum absolute atomic E-state index is 12.7. The van der Waals surface area contributed by atoms with Gasteiger partial charge >= 0.3 is 0 Å². The van der Waals surface area contributed by atoms with E-state index in [0.717, 1.165) is 57.8 Å². The van der Waals surface area contributed by atoms with E-state index in [1.807, 2.05) is 13.0 Å². The molecule has 0 radical (unpaired) electrons. The number of imide groups is 1. The van der Waals surface area contributed by atoms with Gasteiger partial charge in [-0.05, 0) is 51.4 Å². The van der Waals surface area contributed by atoms with Crippen LogP contribution in [-0.4, -0.2) is 42.3 Å². The van der Waals surface area contributed by atoms with E-state index in [1.54, 1.807) is 0 Å². The number of carbonyl (C=O) groups is 3. The second-order valence-corrected chi connectivity index (χ2v) is 8.35. The molecule has 1 rings (SSSR count). The van der Waals surface area contributed by atoms with Crippen molar-refractivity contribution >= 4 is 17.7 Å². The topological polar surface area (TPSA) is 99.5 Å². The van der Waals surface area contributed by atoms with Crippen LogP contribution < -0.4 is 5.32 Å². The summed E-state index contributed by atoms with van der Waals surface area (Å²) in [5.74, 6) is 0.0411. The Kier molecular flexibility index (Phi) is 13.8. The fourth-order valence-electron chi connectivity index (χ4n) is 3.83. The number of amides is 3. The van der Waals surface area contributed by atoms with Crippen molar-refractivity contribution in [2.75, 3.05) is 13.7 Å². The van der Waals surface area contributed by atoms with Gasteiger partial charge in [-0.2, -0.15) is 5.26 Å². The Labute approximate surface area is 192 Å². The molecule has 0 aromatic carbocycles. The molecular formula is C25H39N3O4. The summed E-state index contributed by atoms with van der Waals surface area (Å²) in [6, 6.07) is 1.76. The van der Waals surface area contributed by atoms with Crippen LogP contribution in [0.4, 0.5) is 0 Å². The Balaban J connectivity index is 2.39. The summed E-state index contributed by atoms with van der Waals surface area (Å²) in [6.07, 6.45) is 12.4. The van der Waals surface area contributed by atoms with Gasteiger partial charge in [-0.1, -0.05) is 25.8 Å². The zero-order valence-corrected chi connectivity index (χ0v) is 19.7. The van der Waals surface area contributed by atoms with Gasteiger partial charge < -0.3 is 10.1 Å². The highest BCUT2D eigenvalue weighted by molar-refractivity contribution is 6.04. The minimum absolute atomic E-state index is 0.0312. The maximum atomic E-state index is 12.7. The first kappa shape index (κ1) is 27.4. The third-order valence-electron chi connectivity index (χ3n) is 5.77. The van der Waals surface area contributed by atoms with Crippen molar-refractivity contribution in [2.24, 2.45) is 5.92 Å². The first-order chi connectivity index (χ1) is 15.5. The molecule has 0 fully saturated rings. The average Bonchev–Trinajstić information content (AvgIpc) is 3.11. The minimum Gasteiger partial charge on any atom is -0.499 e. The molecule has 3 amide bonds. The predicted molar refractivity (Wildman–Crippen MR) is 124 cm³/mol. The van der Waals surface area contributed by atoms with Crippen molar-refractivity contribution in [3.8, 4) is 6.07 Å². The lowest BCUT2D eigenvalue weighted by Gasteiger charge is -2.25. The van der Waals surface area contributed by atoms with E-state index in [-0.39, 0.29) is 29.7 Å². The molecule has 0 spiro atoms. The smallest absolute Gasteiger partial charge is 0.257 e. The number of hydrogen-bond donors (Lipinski definition) is 1. The second-order valence-electron chi connectivity index (χ2n) is 8.35. The van der Waals surface area contributed by atoms with Crippen molar-refractivity contribution in [3.05, 3.63) is 24.5 Å². The lowest BCUT2D eigenvalue weighted by Crippen LogP contribution is -2.40. The molecule has 0 saturated heterocycles. The van der Waals surface area contributed by atoms with E-state index >= 15 is 0 Å². The van der Waals surface area contributed by atoms with E-state index in [2.05, 4.69) is 18.0 Å². The maximum Gasteiger partial charge on any atom is 0.257 e. The Morgan fingerprint density at radius 3 is 2.72 bits per heavy atom. The van der Waals surface area contributed by atoms with Crippen molar-refractivity contribution < 1.29 is 19.1 Å². The number of carbonyl (C=O) groups excluding carboxylic acids is 3. The fourth-order valence-corrected chi connectivity index (χ4v) is 3.83. The highest BCUT2D eigenvalue weighted by Crippen LogP contribution is 2.26. The van der Waals surface area contributed by atoms with Crippen molar-refractivity contribution in [1.82, 2.24) is 10.2 Å². The van der Waals surface area contributed by atoms with Gasteiger partial charge in [0.1, 0.15) is 5.76 Å². The Morgan fingerprint density at radius 1 is 1.25 bits per heavy atom. The van der Waals surface area contributed by atoms with E-state index in [4.69, 9.17) is 10.00 Å². The molecular weight excluding hydrogens is 406 g/mol. The third-order valence-corrected chi connectivity index (χ3v) is 5.77. The van der Waals surface area contributed by atoms with Gasteiger partial charge in [-0.25, -0.2) is 0 Å². The van der Waals surface area contributed by atoms with Crippen molar-refractivity contribution in [1.29, 1.82) is 5.26 Å². The third kappa shape index (κ3) is 9.67. The average molecular weight is 446 g/mol. The number of nitrogens with zero attached hydrogens (tertiary/aromatic N) is 2. The van der Waals surface area contributed by atoms with Crippen LogP contribution in [0.5, 0.6) is 0 Å². The molecule has 0 aromatic rings. The number of nitrogens with one attached hydrogen (secondary N) is 1. The molecule has 0 saturated carbocycles. The van der Waals surface area contributed by atoms with E-state index in [1.165, 1.54) is 18.1 Å². The molecule has 178 valence electrons. The molecule has 32 heavy (non-hydrogen) atoms. The fraction of sp³-hybridized carbons (Fsp3) is 0.680. The van der Waals surface area contributed by atoms with Gasteiger partial charge in [-0.3, -0.25) is 19.3 Å². The molecule has 7 heteroatoms. The first-order valence-corrected chi connectivity index (χ1v) is 11.8. The Bertz CT molecular complexity index is 696. The zero-order chi connectivity index (χ0) is 23.8. The summed E-state index contributed by atoms with van der Waals surface area (Å²) < 4.78 is 5.36. The molecule has 0 aromatic heterocycles. The molecule has 0 aliphatic carbocycles. The summed E-state index contributed by atoms with van der Waals surface area (Å²) in [6.45, 7) is 6.16. The van der Waals surface area contributed by atoms with E-state index in [0.29, 0.717) is 31.6 Å². The SMILES string of the molecule is C=CCCCCCC(=O)N1C(=O)C=C(OC)[C@@H]1CCCCNC(=O)[C@H](C)CCCCC#N. The van der Waals surface area contributed by atoms with E-state index < -0.39 is 0 Å². The van der Waals surface area contributed by atoms with Gasteiger partial charge in [0.25, 0.3) is 5.91 Å². The summed E-state index contributed by atoms with van der Waals surface area (Å²) >= 11 is 0. The molecule has 1 aliphatic heterocycles. The van der Waals surface area contributed by atoms with Crippen LogP contribution in [-0.2, 0) is 19.1 Å². The predicted octanol–water partition coefficient (Wildman–Crippen LogP) is 4.40. The number of unbranched alkanes of at least 4 members (excludes halogenated alkanes) is 6. The van der Waals surface area contributed by atoms with Gasteiger partial charge in [0.05, 0.1) is 19.2 Å². The van der Waals surface area contributed by atoms with Crippen molar-refractivity contribution in [3.63, 3.8) is 0 Å². The standard InChI is InChI=1S/C25H39N3O4/c1-4-5-6-7-10-16-23(29)28-21(22(32-3)19-24(28)30)15-11-13-18-27-25(31)20(2)14-9-8-12-17-26/h4,19-21H,1,5-16,18H2,2-3H3,(H,27,31)/t20-,21+/m1/s1. The van der Waals surface area contributed by atoms with Crippen LogP contribution in [0.15, 0.2) is 24.5 Å². The Hall–Kier alpha value is -2.62.